The Kier molecular flexibility index (Phi) is 4.18. The van der Waals surface area contributed by atoms with Gasteiger partial charge in [0.2, 0.25) is 0 Å². The topological polar surface area (TPSA) is 15.3 Å². The van der Waals surface area contributed by atoms with Gasteiger partial charge in [0.1, 0.15) is 0 Å². The normalized spacial score (nSPS) is 21.0. The molecule has 1 aliphatic rings. The van der Waals surface area contributed by atoms with Crippen LogP contribution in [0, 0.1) is 5.92 Å². The number of nitrogens with zero attached hydrogens (tertiary/aromatic N) is 1. The van der Waals surface area contributed by atoms with Crippen LogP contribution in [0.2, 0.25) is 10.0 Å². The van der Waals surface area contributed by atoms with Crippen molar-refractivity contribution in [3.63, 3.8) is 0 Å². The molecule has 1 fully saturated rings. The van der Waals surface area contributed by atoms with Crippen molar-refractivity contribution in [3.8, 4) is 0 Å². The first-order chi connectivity index (χ1) is 8.08. The lowest BCUT2D eigenvalue weighted by Gasteiger charge is -2.40. The van der Waals surface area contributed by atoms with Gasteiger partial charge in [-0.3, -0.25) is 0 Å². The van der Waals surface area contributed by atoms with Crippen LogP contribution in [0.3, 0.4) is 0 Å². The fourth-order valence-corrected chi connectivity index (χ4v) is 2.86. The van der Waals surface area contributed by atoms with Crippen molar-refractivity contribution < 1.29 is 0 Å². The molecule has 0 aliphatic carbocycles. The number of hydrogen-bond acceptors (Lipinski definition) is 2. The molecule has 0 bridgehead atoms. The minimum Gasteiger partial charge on any atom is -0.366 e. The average molecular weight is 273 g/mol. The van der Waals surface area contributed by atoms with Crippen LogP contribution in [0.4, 0.5) is 5.69 Å². The van der Waals surface area contributed by atoms with Gasteiger partial charge in [0.05, 0.1) is 0 Å². The van der Waals surface area contributed by atoms with Gasteiger partial charge in [-0.15, -0.1) is 0 Å². The number of anilines is 1. The highest BCUT2D eigenvalue weighted by molar-refractivity contribution is 6.35. The molecule has 0 amide bonds. The molecule has 2 nitrogen and oxygen atoms in total. The lowest BCUT2D eigenvalue weighted by atomic mass is 10.00. The Labute approximate surface area is 113 Å². The third-order valence-electron chi connectivity index (χ3n) is 3.23. The summed E-state index contributed by atoms with van der Waals surface area (Å²) in [7, 11) is 0. The smallest absolute Gasteiger partial charge is 0.0441 e. The summed E-state index contributed by atoms with van der Waals surface area (Å²) < 4.78 is 0. The molecule has 1 saturated heterocycles. The van der Waals surface area contributed by atoms with Crippen molar-refractivity contribution in [1.82, 2.24) is 5.32 Å². The van der Waals surface area contributed by atoms with Crippen LogP contribution in [-0.2, 0) is 0 Å². The van der Waals surface area contributed by atoms with Crippen molar-refractivity contribution in [2.75, 3.05) is 24.5 Å². The second-order valence-electron chi connectivity index (χ2n) is 4.84. The fourth-order valence-electron chi connectivity index (χ4n) is 2.35. The van der Waals surface area contributed by atoms with E-state index in [1.165, 1.54) is 0 Å². The number of halogens is 2. The molecule has 94 valence electrons. The zero-order chi connectivity index (χ0) is 12.4. The minimum absolute atomic E-state index is 0.498. The SMILES string of the molecule is CC(C)C1CNCCN1c1cc(Cl)cc(Cl)c1. The molecule has 0 saturated carbocycles. The van der Waals surface area contributed by atoms with Gasteiger partial charge in [-0.25, -0.2) is 0 Å². The summed E-state index contributed by atoms with van der Waals surface area (Å²) in [5.41, 5.74) is 1.13. The Morgan fingerprint density at radius 3 is 2.47 bits per heavy atom. The molecule has 1 N–H and O–H groups in total. The molecule has 0 aromatic heterocycles. The van der Waals surface area contributed by atoms with Gasteiger partial charge < -0.3 is 10.2 Å². The third-order valence-corrected chi connectivity index (χ3v) is 3.67. The third kappa shape index (κ3) is 3.06. The van der Waals surface area contributed by atoms with Gasteiger partial charge >= 0.3 is 0 Å². The maximum absolute atomic E-state index is 6.07. The number of hydrogen-bond donors (Lipinski definition) is 1. The van der Waals surface area contributed by atoms with Crippen molar-refractivity contribution in [3.05, 3.63) is 28.2 Å². The molecule has 17 heavy (non-hydrogen) atoms. The second-order valence-corrected chi connectivity index (χ2v) is 5.71. The van der Waals surface area contributed by atoms with E-state index < -0.39 is 0 Å². The van der Waals surface area contributed by atoms with E-state index in [0.29, 0.717) is 22.0 Å². The summed E-state index contributed by atoms with van der Waals surface area (Å²) in [6.07, 6.45) is 0. The maximum atomic E-state index is 6.07. The zero-order valence-corrected chi connectivity index (χ0v) is 11.7. The molecule has 2 rings (SSSR count). The van der Waals surface area contributed by atoms with Crippen LogP contribution < -0.4 is 10.2 Å². The molecular formula is C13H18Cl2N2. The molecule has 1 unspecified atom stereocenters. The van der Waals surface area contributed by atoms with E-state index in [2.05, 4.69) is 24.1 Å². The molecule has 1 atom stereocenters. The van der Waals surface area contributed by atoms with Gasteiger partial charge in [0, 0.05) is 41.4 Å². The lowest BCUT2D eigenvalue weighted by Crippen LogP contribution is -2.53. The van der Waals surface area contributed by atoms with E-state index >= 15 is 0 Å². The minimum atomic E-state index is 0.498. The van der Waals surface area contributed by atoms with E-state index in [0.717, 1.165) is 25.3 Å². The quantitative estimate of drug-likeness (QED) is 0.888. The summed E-state index contributed by atoms with van der Waals surface area (Å²) in [4.78, 5) is 2.40. The summed E-state index contributed by atoms with van der Waals surface area (Å²) in [6.45, 7) is 7.52. The first kappa shape index (κ1) is 13.0. The summed E-state index contributed by atoms with van der Waals surface area (Å²) >= 11 is 12.1. The zero-order valence-electron chi connectivity index (χ0n) is 10.2. The van der Waals surface area contributed by atoms with Gasteiger partial charge in [-0.1, -0.05) is 37.0 Å². The maximum Gasteiger partial charge on any atom is 0.0441 e. The monoisotopic (exact) mass is 272 g/mol. The number of rotatable bonds is 2. The standard InChI is InChI=1S/C13H18Cl2N2/c1-9(2)13-8-16-3-4-17(13)12-6-10(14)5-11(15)7-12/h5-7,9,13,16H,3-4,8H2,1-2H3. The Hall–Kier alpha value is -0.440. The first-order valence-electron chi connectivity index (χ1n) is 6.01. The van der Waals surface area contributed by atoms with E-state index in [-0.39, 0.29) is 0 Å². The Morgan fingerprint density at radius 2 is 1.88 bits per heavy atom. The van der Waals surface area contributed by atoms with Gasteiger partial charge in [0.25, 0.3) is 0 Å². The lowest BCUT2D eigenvalue weighted by molar-refractivity contribution is 0.390. The molecule has 1 aliphatic heterocycles. The van der Waals surface area contributed by atoms with E-state index in [4.69, 9.17) is 23.2 Å². The van der Waals surface area contributed by atoms with Crippen LogP contribution in [0.25, 0.3) is 0 Å². The van der Waals surface area contributed by atoms with Gasteiger partial charge in [0.15, 0.2) is 0 Å². The summed E-state index contributed by atoms with van der Waals surface area (Å²) in [5.74, 6) is 0.598. The van der Waals surface area contributed by atoms with E-state index in [9.17, 15) is 0 Å². The van der Waals surface area contributed by atoms with E-state index in [1.54, 1.807) is 6.07 Å². The average Bonchev–Trinajstić information content (AvgIpc) is 2.27. The first-order valence-corrected chi connectivity index (χ1v) is 6.77. The molecule has 0 radical (unpaired) electrons. The molecule has 1 heterocycles. The molecule has 0 spiro atoms. The van der Waals surface area contributed by atoms with Crippen molar-refractivity contribution in [2.45, 2.75) is 19.9 Å². The van der Waals surface area contributed by atoms with Crippen LogP contribution in [0.5, 0.6) is 0 Å². The highest BCUT2D eigenvalue weighted by atomic mass is 35.5. The molecule has 4 heteroatoms. The number of piperazine rings is 1. The Bertz CT molecular complexity index is 373. The Morgan fingerprint density at radius 1 is 1.24 bits per heavy atom. The van der Waals surface area contributed by atoms with Crippen molar-refractivity contribution >= 4 is 28.9 Å². The van der Waals surface area contributed by atoms with Crippen molar-refractivity contribution in [2.24, 2.45) is 5.92 Å². The highest BCUT2D eigenvalue weighted by Crippen LogP contribution is 2.28. The van der Waals surface area contributed by atoms with E-state index in [1.807, 2.05) is 12.1 Å². The van der Waals surface area contributed by atoms with Crippen LogP contribution in [-0.4, -0.2) is 25.7 Å². The highest BCUT2D eigenvalue weighted by Gasteiger charge is 2.25. The van der Waals surface area contributed by atoms with Crippen LogP contribution in [0.1, 0.15) is 13.8 Å². The number of benzene rings is 1. The van der Waals surface area contributed by atoms with Gasteiger partial charge in [-0.2, -0.15) is 0 Å². The fraction of sp³-hybridized carbons (Fsp3) is 0.538. The summed E-state index contributed by atoms with van der Waals surface area (Å²) in [6, 6.07) is 6.26. The second kappa shape index (κ2) is 5.47. The molecule has 1 aromatic carbocycles. The van der Waals surface area contributed by atoms with Crippen LogP contribution >= 0.6 is 23.2 Å². The summed E-state index contributed by atoms with van der Waals surface area (Å²) in [5, 5.41) is 4.84. The predicted octanol–water partition coefficient (Wildman–Crippen LogP) is 3.43. The Balaban J connectivity index is 2.29. The van der Waals surface area contributed by atoms with Crippen LogP contribution in [0.15, 0.2) is 18.2 Å². The number of nitrogens with one attached hydrogen (secondary N) is 1. The largest absolute Gasteiger partial charge is 0.366 e. The molecular weight excluding hydrogens is 255 g/mol. The van der Waals surface area contributed by atoms with Crippen molar-refractivity contribution in [1.29, 1.82) is 0 Å². The predicted molar refractivity (Wildman–Crippen MR) is 75.3 cm³/mol. The molecule has 1 aromatic rings. The van der Waals surface area contributed by atoms with Gasteiger partial charge in [-0.05, 0) is 24.1 Å².